The van der Waals surface area contributed by atoms with Crippen LogP contribution in [0.4, 0.5) is 10.5 Å². The fourth-order valence-corrected chi connectivity index (χ4v) is 7.75. The van der Waals surface area contributed by atoms with Crippen molar-refractivity contribution in [3.63, 3.8) is 0 Å². The molecule has 0 saturated carbocycles. The zero-order chi connectivity index (χ0) is 34.7. The summed E-state index contributed by atoms with van der Waals surface area (Å²) in [6.07, 6.45) is 2.81. The second-order valence-corrected chi connectivity index (χ2v) is 13.9. The molecule has 0 radical (unpaired) electrons. The van der Waals surface area contributed by atoms with E-state index in [2.05, 4.69) is 4.90 Å². The summed E-state index contributed by atoms with van der Waals surface area (Å²) in [6, 6.07) is 14.9. The summed E-state index contributed by atoms with van der Waals surface area (Å²) in [6.45, 7) is 2.84. The summed E-state index contributed by atoms with van der Waals surface area (Å²) in [5.74, 6) is 0.642. The molecule has 3 fully saturated rings. The smallest absolute Gasteiger partial charge is 0.414 e. The number of aromatic nitrogens is 1. The zero-order valence-electron chi connectivity index (χ0n) is 26.8. The lowest BCUT2D eigenvalue weighted by Gasteiger charge is -2.44. The minimum absolute atomic E-state index is 0.0125. The van der Waals surface area contributed by atoms with Crippen molar-refractivity contribution in [2.45, 2.75) is 38.0 Å². The van der Waals surface area contributed by atoms with E-state index < -0.39 is 18.2 Å². The van der Waals surface area contributed by atoms with E-state index in [9.17, 15) is 19.9 Å². The highest BCUT2D eigenvalue weighted by Crippen LogP contribution is 2.36. The van der Waals surface area contributed by atoms with E-state index in [1.54, 1.807) is 42.5 Å². The summed E-state index contributed by atoms with van der Waals surface area (Å²) in [7, 11) is 3.02. The summed E-state index contributed by atoms with van der Waals surface area (Å²) < 4.78 is 23.5. The van der Waals surface area contributed by atoms with Gasteiger partial charge in [-0.15, -0.1) is 11.3 Å². The number of benzene rings is 2. The van der Waals surface area contributed by atoms with Gasteiger partial charge in [-0.05, 0) is 73.8 Å². The lowest BCUT2D eigenvalue weighted by molar-refractivity contribution is -0.605. The van der Waals surface area contributed by atoms with E-state index in [1.807, 2.05) is 0 Å². The number of fused-ring (bicyclic) bond motifs is 3. The number of pyridine rings is 1. The molecule has 5 heterocycles. The van der Waals surface area contributed by atoms with Crippen molar-refractivity contribution in [2.75, 3.05) is 38.8 Å². The zero-order valence-corrected chi connectivity index (χ0v) is 29.2. The molecule has 2 bridgehead atoms. The highest BCUT2D eigenvalue weighted by Gasteiger charge is 2.37. The van der Waals surface area contributed by atoms with Gasteiger partial charge in [0, 0.05) is 29.5 Å². The van der Waals surface area contributed by atoms with Crippen LogP contribution in [0.1, 0.15) is 44.6 Å². The third-order valence-corrected chi connectivity index (χ3v) is 10.6. The first-order chi connectivity index (χ1) is 23.6. The summed E-state index contributed by atoms with van der Waals surface area (Å²) in [4.78, 5) is 32.1. The average molecular weight is 729 g/mol. The van der Waals surface area contributed by atoms with Gasteiger partial charge in [-0.25, -0.2) is 9.59 Å². The second-order valence-electron chi connectivity index (χ2n) is 11.9. The second kappa shape index (κ2) is 15.1. The SMILES string of the molecule is COc1ccc(C(Cc2c(Cl)c[n+]([O-])cc2Cl)OC(=O)c2ccc(CN(C(=O)O[C@H]3CN4CCC3CC4)c3cccc(O)c3)s2)cc1OC. The van der Waals surface area contributed by atoms with Gasteiger partial charge in [0.05, 0.1) is 26.5 Å². The van der Waals surface area contributed by atoms with Gasteiger partial charge in [0.1, 0.15) is 32.9 Å². The van der Waals surface area contributed by atoms with Gasteiger partial charge in [-0.3, -0.25) is 9.80 Å². The van der Waals surface area contributed by atoms with Gasteiger partial charge in [-0.1, -0.05) is 35.3 Å². The van der Waals surface area contributed by atoms with Crippen molar-refractivity contribution in [1.29, 1.82) is 0 Å². The number of hydrogen-bond donors (Lipinski definition) is 1. The van der Waals surface area contributed by atoms with Crippen LogP contribution in [-0.2, 0) is 22.4 Å². The predicted octanol–water partition coefficient (Wildman–Crippen LogP) is 6.79. The average Bonchev–Trinajstić information content (AvgIpc) is 3.57. The Hall–Kier alpha value is -4.23. The fourth-order valence-electron chi connectivity index (χ4n) is 6.27. The number of amides is 1. The van der Waals surface area contributed by atoms with Gasteiger partial charge in [0.25, 0.3) is 0 Å². The number of phenolic OH excluding ortho intramolecular Hbond substituents is 1. The van der Waals surface area contributed by atoms with Crippen LogP contribution in [0.3, 0.4) is 0 Å². The monoisotopic (exact) mass is 727 g/mol. The maximum atomic E-state index is 13.7. The number of hydrogen-bond acceptors (Lipinski definition) is 10. The molecule has 1 amide bonds. The molecule has 2 aromatic heterocycles. The molecule has 3 aliphatic rings. The number of carbonyl (C=O) groups is 2. The van der Waals surface area contributed by atoms with Crippen LogP contribution in [-0.4, -0.2) is 62.0 Å². The van der Waals surface area contributed by atoms with Gasteiger partial charge < -0.3 is 29.3 Å². The van der Waals surface area contributed by atoms with Gasteiger partial charge >= 0.3 is 12.1 Å². The number of carbonyl (C=O) groups excluding carboxylic acids is 2. The lowest BCUT2D eigenvalue weighted by atomic mass is 9.86. The number of rotatable bonds is 11. The molecule has 7 rings (SSSR count). The van der Waals surface area contributed by atoms with E-state index in [0.717, 1.165) is 25.9 Å². The standard InChI is InChI=1S/C35H35Cl2N3O8S/c1-45-29-8-6-22(14-31(29)46-2)30(16-26-27(36)18-39(44)19-28(26)37)47-34(42)33-9-7-25(49-33)17-40(23-4-3-5-24(41)15-23)35(43)48-32-20-38-12-10-21(32)11-13-38/h3-9,14-15,18-19,21,30,32,41H,10-13,16-17,20H2,1-2H3/t30?,32-/m0/s1. The number of thiophene rings is 1. The van der Waals surface area contributed by atoms with Crippen LogP contribution in [0.25, 0.3) is 0 Å². The van der Waals surface area contributed by atoms with Crippen molar-refractivity contribution in [3.8, 4) is 17.2 Å². The third-order valence-electron chi connectivity index (χ3n) is 8.86. The summed E-state index contributed by atoms with van der Waals surface area (Å²) in [5, 5.41) is 22.3. The summed E-state index contributed by atoms with van der Waals surface area (Å²) >= 11 is 14.0. The van der Waals surface area contributed by atoms with Crippen molar-refractivity contribution in [1.82, 2.24) is 4.90 Å². The molecule has 0 aliphatic carbocycles. The normalized spacial score (nSPS) is 18.8. The van der Waals surface area contributed by atoms with E-state index in [1.165, 1.54) is 55.0 Å². The molecule has 0 spiro atoms. The highest BCUT2D eigenvalue weighted by molar-refractivity contribution is 7.14. The van der Waals surface area contributed by atoms with Crippen LogP contribution in [0.15, 0.2) is 67.0 Å². The Morgan fingerprint density at radius 3 is 2.43 bits per heavy atom. The Kier molecular flexibility index (Phi) is 10.7. The van der Waals surface area contributed by atoms with E-state index in [4.69, 9.17) is 42.1 Å². The molecule has 2 atom stereocenters. The maximum absolute atomic E-state index is 13.7. The number of anilines is 1. The minimum Gasteiger partial charge on any atom is -0.619 e. The lowest BCUT2D eigenvalue weighted by Crippen LogP contribution is -2.53. The molecule has 3 aliphatic heterocycles. The summed E-state index contributed by atoms with van der Waals surface area (Å²) in [5.41, 5.74) is 1.48. The van der Waals surface area contributed by atoms with Crippen LogP contribution >= 0.6 is 34.5 Å². The predicted molar refractivity (Wildman–Crippen MR) is 185 cm³/mol. The molecule has 258 valence electrons. The van der Waals surface area contributed by atoms with E-state index in [-0.39, 0.29) is 34.9 Å². The van der Waals surface area contributed by atoms with Crippen LogP contribution in [0.2, 0.25) is 10.0 Å². The van der Waals surface area contributed by atoms with Gasteiger partial charge in [-0.2, -0.15) is 4.73 Å². The number of esters is 1. The third kappa shape index (κ3) is 7.99. The molecule has 3 saturated heterocycles. The molecule has 49 heavy (non-hydrogen) atoms. The Morgan fingerprint density at radius 1 is 1.04 bits per heavy atom. The van der Waals surface area contributed by atoms with Gasteiger partial charge in [0.2, 0.25) is 0 Å². The first kappa shape index (κ1) is 34.6. The first-order valence-corrected chi connectivity index (χ1v) is 17.3. The van der Waals surface area contributed by atoms with Crippen molar-refractivity contribution in [2.24, 2.45) is 5.92 Å². The largest absolute Gasteiger partial charge is 0.619 e. The first-order valence-electron chi connectivity index (χ1n) is 15.7. The molecular formula is C35H35Cl2N3O8S. The van der Waals surface area contributed by atoms with Gasteiger partial charge in [0.15, 0.2) is 23.9 Å². The van der Waals surface area contributed by atoms with Crippen molar-refractivity contribution < 1.29 is 38.4 Å². The van der Waals surface area contributed by atoms with Crippen LogP contribution in [0, 0.1) is 11.1 Å². The number of phenols is 1. The Labute approximate surface area is 297 Å². The number of ether oxygens (including phenoxy) is 4. The minimum atomic E-state index is -0.879. The molecule has 14 heteroatoms. The van der Waals surface area contributed by atoms with Crippen LogP contribution in [0.5, 0.6) is 17.2 Å². The molecular weight excluding hydrogens is 693 g/mol. The topological polar surface area (TPSA) is 125 Å². The number of nitrogens with zero attached hydrogens (tertiary/aromatic N) is 3. The number of halogens is 2. The quantitative estimate of drug-likeness (QED) is 0.101. The maximum Gasteiger partial charge on any atom is 0.414 e. The molecule has 1 unspecified atom stereocenters. The molecule has 4 aromatic rings. The Balaban J connectivity index is 1.23. The van der Waals surface area contributed by atoms with Crippen molar-refractivity contribution in [3.05, 3.63) is 103 Å². The number of aromatic hydroxyl groups is 1. The molecule has 11 nitrogen and oxygen atoms in total. The Morgan fingerprint density at radius 2 is 1.78 bits per heavy atom. The van der Waals surface area contributed by atoms with E-state index in [0.29, 0.717) is 55.3 Å². The Bertz CT molecular complexity index is 1810. The highest BCUT2D eigenvalue weighted by atomic mass is 35.5. The van der Waals surface area contributed by atoms with E-state index >= 15 is 0 Å². The van der Waals surface area contributed by atoms with Crippen molar-refractivity contribution >= 4 is 52.3 Å². The fraction of sp³-hybridized carbons (Fsp3) is 0.343. The number of methoxy groups -OCH3 is 2. The van der Waals surface area contributed by atoms with Crippen LogP contribution < -0.4 is 19.1 Å². The molecule has 2 aromatic carbocycles. The molecule has 1 N–H and O–H groups in total. The number of piperidine rings is 3.